The zero-order chi connectivity index (χ0) is 18.3. The van der Waals surface area contributed by atoms with Crippen LogP contribution in [0.15, 0.2) is 39.6 Å². The third kappa shape index (κ3) is 2.54. The number of hydrogen-bond acceptors (Lipinski definition) is 6. The van der Waals surface area contributed by atoms with Crippen LogP contribution in [0.4, 0.5) is 5.69 Å². The van der Waals surface area contributed by atoms with E-state index in [-0.39, 0.29) is 40.9 Å². The maximum absolute atomic E-state index is 12.6. The first-order chi connectivity index (χ1) is 11.9. The molecular formula is C16H16N4O5. The highest BCUT2D eigenvalue weighted by molar-refractivity contribution is 6.18. The Bertz CT molecular complexity index is 1050. The van der Waals surface area contributed by atoms with Gasteiger partial charge in [-0.25, -0.2) is 0 Å². The lowest BCUT2D eigenvalue weighted by Gasteiger charge is -2.15. The summed E-state index contributed by atoms with van der Waals surface area (Å²) in [6, 6.07) is 4.66. The number of amides is 2. The number of aromatic nitrogens is 2. The molecule has 2 aromatic rings. The summed E-state index contributed by atoms with van der Waals surface area (Å²) in [6.07, 6.45) is 1.10. The number of aliphatic hydroxyl groups excluding tert-OH is 1. The Morgan fingerprint density at radius 3 is 2.40 bits per heavy atom. The van der Waals surface area contributed by atoms with Gasteiger partial charge >= 0.3 is 0 Å². The molecule has 0 saturated heterocycles. The highest BCUT2D eigenvalue weighted by Gasteiger charge is 2.31. The maximum atomic E-state index is 12.6. The molecule has 0 fully saturated rings. The predicted molar refractivity (Wildman–Crippen MR) is 89.9 cm³/mol. The largest absolute Gasteiger partial charge is 0.395 e. The minimum Gasteiger partial charge on any atom is -0.395 e. The molecule has 1 aliphatic rings. The van der Waals surface area contributed by atoms with Crippen LogP contribution in [0.2, 0.25) is 0 Å². The molecule has 25 heavy (non-hydrogen) atoms. The van der Waals surface area contributed by atoms with E-state index in [1.807, 2.05) is 0 Å². The SMILES string of the molecule is Cn1c(=O)c2cccc(NC3=CC(=O)N(CCO)C3=O)c2c(=O)n1C. The summed E-state index contributed by atoms with van der Waals surface area (Å²) < 4.78 is 2.37. The van der Waals surface area contributed by atoms with Crippen LogP contribution in [0.25, 0.3) is 10.8 Å². The predicted octanol–water partition coefficient (Wildman–Crippen LogP) is -1.11. The lowest BCUT2D eigenvalue weighted by atomic mass is 10.1. The van der Waals surface area contributed by atoms with Crippen molar-refractivity contribution < 1.29 is 14.7 Å². The topological polar surface area (TPSA) is 114 Å². The molecule has 9 heteroatoms. The van der Waals surface area contributed by atoms with Crippen molar-refractivity contribution in [3.8, 4) is 0 Å². The smallest absolute Gasteiger partial charge is 0.277 e. The summed E-state index contributed by atoms with van der Waals surface area (Å²) in [6.45, 7) is -0.458. The average Bonchev–Trinajstić information content (AvgIpc) is 2.85. The van der Waals surface area contributed by atoms with Gasteiger partial charge in [0, 0.05) is 20.2 Å². The zero-order valence-corrected chi connectivity index (χ0v) is 13.6. The second kappa shape index (κ2) is 6.02. The van der Waals surface area contributed by atoms with Crippen molar-refractivity contribution >= 4 is 28.3 Å². The molecule has 1 aromatic heterocycles. The Kier molecular flexibility index (Phi) is 4.01. The van der Waals surface area contributed by atoms with E-state index in [1.165, 1.54) is 29.5 Å². The summed E-state index contributed by atoms with van der Waals surface area (Å²) in [7, 11) is 2.95. The van der Waals surface area contributed by atoms with E-state index in [0.717, 1.165) is 11.0 Å². The molecule has 130 valence electrons. The molecule has 0 saturated carbocycles. The van der Waals surface area contributed by atoms with Crippen molar-refractivity contribution in [3.63, 3.8) is 0 Å². The fraction of sp³-hybridized carbons (Fsp3) is 0.250. The molecule has 3 rings (SSSR count). The van der Waals surface area contributed by atoms with Crippen molar-refractivity contribution in [2.75, 3.05) is 18.5 Å². The maximum Gasteiger partial charge on any atom is 0.277 e. The third-order valence-corrected chi connectivity index (χ3v) is 4.15. The fourth-order valence-corrected chi connectivity index (χ4v) is 2.73. The van der Waals surface area contributed by atoms with E-state index in [4.69, 9.17) is 5.11 Å². The molecular weight excluding hydrogens is 328 g/mol. The van der Waals surface area contributed by atoms with Gasteiger partial charge in [-0.15, -0.1) is 0 Å². The second-order valence-electron chi connectivity index (χ2n) is 5.59. The van der Waals surface area contributed by atoms with Gasteiger partial charge in [-0.2, -0.15) is 0 Å². The molecule has 0 bridgehead atoms. The van der Waals surface area contributed by atoms with Gasteiger partial charge < -0.3 is 10.4 Å². The van der Waals surface area contributed by atoms with E-state index in [2.05, 4.69) is 5.32 Å². The van der Waals surface area contributed by atoms with Crippen LogP contribution in [-0.2, 0) is 23.7 Å². The molecule has 0 aliphatic carbocycles. The van der Waals surface area contributed by atoms with Gasteiger partial charge in [0.05, 0.1) is 29.6 Å². The molecule has 1 aliphatic heterocycles. The first kappa shape index (κ1) is 16.7. The first-order valence-electron chi connectivity index (χ1n) is 7.51. The van der Waals surface area contributed by atoms with E-state index in [9.17, 15) is 19.2 Å². The molecule has 0 atom stereocenters. The van der Waals surface area contributed by atoms with Crippen LogP contribution in [-0.4, -0.2) is 44.3 Å². The summed E-state index contributed by atoms with van der Waals surface area (Å²) in [5.74, 6) is -1.15. The van der Waals surface area contributed by atoms with Gasteiger partial charge in [0.25, 0.3) is 22.9 Å². The first-order valence-corrected chi connectivity index (χ1v) is 7.51. The molecule has 0 radical (unpaired) electrons. The molecule has 0 spiro atoms. The normalized spacial score (nSPS) is 14.4. The molecule has 2 N–H and O–H groups in total. The quantitative estimate of drug-likeness (QED) is 0.680. The van der Waals surface area contributed by atoms with Crippen LogP contribution in [0, 0.1) is 0 Å². The van der Waals surface area contributed by atoms with Crippen molar-refractivity contribution in [2.45, 2.75) is 0 Å². The Balaban J connectivity index is 2.12. The number of aliphatic hydroxyl groups is 1. The Morgan fingerprint density at radius 1 is 1.04 bits per heavy atom. The number of benzene rings is 1. The van der Waals surface area contributed by atoms with Gasteiger partial charge in [0.2, 0.25) is 0 Å². The van der Waals surface area contributed by atoms with Gasteiger partial charge in [-0.1, -0.05) is 6.07 Å². The second-order valence-corrected chi connectivity index (χ2v) is 5.59. The van der Waals surface area contributed by atoms with E-state index < -0.39 is 17.4 Å². The van der Waals surface area contributed by atoms with Crippen LogP contribution >= 0.6 is 0 Å². The fourth-order valence-electron chi connectivity index (χ4n) is 2.73. The number of carbonyl (C=O) groups excluding carboxylic acids is 2. The summed E-state index contributed by atoms with van der Waals surface area (Å²) in [5, 5.41) is 12.0. The molecule has 2 amide bonds. The van der Waals surface area contributed by atoms with Gasteiger partial charge in [-0.05, 0) is 12.1 Å². The van der Waals surface area contributed by atoms with E-state index in [1.54, 1.807) is 12.1 Å². The standard InChI is InChI=1S/C16H16N4O5/c1-18-14(23)9-4-3-5-10(13(9)16(25)19(18)2)17-11-8-12(22)20(6-7-21)15(11)24/h3-5,8,17,21H,6-7H2,1-2H3. The van der Waals surface area contributed by atoms with Crippen molar-refractivity contribution in [3.05, 3.63) is 50.7 Å². The van der Waals surface area contributed by atoms with Crippen LogP contribution < -0.4 is 16.4 Å². The third-order valence-electron chi connectivity index (χ3n) is 4.15. The highest BCUT2D eigenvalue weighted by atomic mass is 16.3. The van der Waals surface area contributed by atoms with Crippen molar-refractivity contribution in [2.24, 2.45) is 14.1 Å². The number of rotatable bonds is 4. The van der Waals surface area contributed by atoms with Crippen LogP contribution in [0.5, 0.6) is 0 Å². The number of nitrogens with one attached hydrogen (secondary N) is 1. The summed E-state index contributed by atoms with van der Waals surface area (Å²) >= 11 is 0. The van der Waals surface area contributed by atoms with Crippen LogP contribution in [0.1, 0.15) is 0 Å². The Hall–Kier alpha value is -3.20. The number of imide groups is 1. The number of fused-ring (bicyclic) bond motifs is 1. The lowest BCUT2D eigenvalue weighted by Crippen LogP contribution is -2.36. The van der Waals surface area contributed by atoms with Gasteiger partial charge in [0.15, 0.2) is 0 Å². The van der Waals surface area contributed by atoms with Crippen molar-refractivity contribution in [1.82, 2.24) is 14.3 Å². The van der Waals surface area contributed by atoms with E-state index in [0.29, 0.717) is 0 Å². The number of anilines is 1. The number of hydrogen-bond donors (Lipinski definition) is 2. The highest BCUT2D eigenvalue weighted by Crippen LogP contribution is 2.22. The summed E-state index contributed by atoms with van der Waals surface area (Å²) in [4.78, 5) is 49.8. The molecule has 2 heterocycles. The van der Waals surface area contributed by atoms with Crippen molar-refractivity contribution in [1.29, 1.82) is 0 Å². The lowest BCUT2D eigenvalue weighted by molar-refractivity contribution is -0.137. The van der Waals surface area contributed by atoms with Gasteiger partial charge in [0.1, 0.15) is 5.70 Å². The van der Waals surface area contributed by atoms with Crippen LogP contribution in [0.3, 0.4) is 0 Å². The minimum atomic E-state index is -0.600. The Labute approximate surface area is 141 Å². The summed E-state index contributed by atoms with van der Waals surface area (Å²) in [5.41, 5.74) is -0.530. The van der Waals surface area contributed by atoms with Gasteiger partial charge in [-0.3, -0.25) is 33.4 Å². The monoisotopic (exact) mass is 344 g/mol. The average molecular weight is 344 g/mol. The molecule has 1 aromatic carbocycles. The number of carbonyl (C=O) groups is 2. The zero-order valence-electron chi connectivity index (χ0n) is 13.6. The minimum absolute atomic E-state index is 0.0197. The number of β-amino-alcohol motifs (C(OH)–C–C–N with tert-alkyl or cyclic N) is 1. The van der Waals surface area contributed by atoms with E-state index >= 15 is 0 Å². The molecule has 0 unspecified atom stereocenters. The molecule has 9 nitrogen and oxygen atoms in total. The number of nitrogens with zero attached hydrogens (tertiary/aromatic N) is 3. The Morgan fingerprint density at radius 2 is 1.72 bits per heavy atom.